The van der Waals surface area contributed by atoms with Crippen LogP contribution in [0.3, 0.4) is 0 Å². The number of amides is 1. The van der Waals surface area contributed by atoms with Crippen molar-refractivity contribution in [3.05, 3.63) is 71.3 Å². The zero-order valence-electron chi connectivity index (χ0n) is 11.3. The van der Waals surface area contributed by atoms with Gasteiger partial charge in [-0.05, 0) is 24.6 Å². The molecule has 0 bridgehead atoms. The summed E-state index contributed by atoms with van der Waals surface area (Å²) in [4.78, 5) is 12.3. The maximum absolute atomic E-state index is 12.3. The normalized spacial score (nSPS) is 12.8. The summed E-state index contributed by atoms with van der Waals surface area (Å²) >= 11 is 18.1. The molecule has 21 heavy (non-hydrogen) atoms. The minimum atomic E-state index is -1.64. The lowest BCUT2D eigenvalue weighted by Crippen LogP contribution is -2.36. The number of carbonyl (C=O) groups is 1. The molecule has 0 heterocycles. The molecule has 0 saturated carbocycles. The Balaban J connectivity index is 2.26. The van der Waals surface area contributed by atoms with E-state index >= 15 is 0 Å². The van der Waals surface area contributed by atoms with Crippen molar-refractivity contribution in [3.8, 4) is 0 Å². The van der Waals surface area contributed by atoms with E-state index in [-0.39, 0.29) is 5.91 Å². The Kier molecular flexibility index (Phi) is 5.15. The van der Waals surface area contributed by atoms with Gasteiger partial charge in [-0.1, -0.05) is 82.8 Å². The Morgan fingerprint density at radius 3 is 2.10 bits per heavy atom. The van der Waals surface area contributed by atoms with Crippen LogP contribution in [0.15, 0.2) is 54.6 Å². The molecule has 110 valence electrons. The summed E-state index contributed by atoms with van der Waals surface area (Å²) in [5.41, 5.74) is 2.35. The molecule has 2 aromatic rings. The molecule has 5 heteroatoms. The third-order valence-corrected chi connectivity index (χ3v) is 3.70. The zero-order chi connectivity index (χ0) is 15.5. The van der Waals surface area contributed by atoms with Crippen LogP contribution in [0.4, 0.5) is 0 Å². The van der Waals surface area contributed by atoms with Gasteiger partial charge in [-0.3, -0.25) is 4.79 Å². The highest BCUT2D eigenvalue weighted by Crippen LogP contribution is 2.40. The SMILES string of the molecule is Cc1ccc([C@H](NC(=O)c2ccccc2)C(Cl)(Cl)Cl)cc1. The van der Waals surface area contributed by atoms with Gasteiger partial charge in [-0.15, -0.1) is 0 Å². The molecule has 0 spiro atoms. The highest BCUT2D eigenvalue weighted by molar-refractivity contribution is 6.68. The highest BCUT2D eigenvalue weighted by atomic mass is 35.6. The first-order valence-corrected chi connectivity index (χ1v) is 7.50. The number of alkyl halides is 3. The maximum atomic E-state index is 12.3. The molecular weight excluding hydrogens is 329 g/mol. The number of rotatable bonds is 3. The molecule has 1 atom stereocenters. The van der Waals surface area contributed by atoms with Crippen molar-refractivity contribution in [2.45, 2.75) is 16.8 Å². The fourth-order valence-electron chi connectivity index (χ4n) is 1.92. The summed E-state index contributed by atoms with van der Waals surface area (Å²) in [6.07, 6.45) is 0. The second-order valence-corrected chi connectivity index (χ2v) is 7.09. The molecule has 2 aromatic carbocycles. The quantitative estimate of drug-likeness (QED) is 0.795. The van der Waals surface area contributed by atoms with Crippen LogP contribution in [0.25, 0.3) is 0 Å². The minimum Gasteiger partial charge on any atom is -0.341 e. The summed E-state index contributed by atoms with van der Waals surface area (Å²) < 4.78 is -1.64. The Bertz CT molecular complexity index is 606. The molecule has 0 saturated heterocycles. The summed E-state index contributed by atoms with van der Waals surface area (Å²) in [5.74, 6) is -0.285. The number of halogens is 3. The van der Waals surface area contributed by atoms with Gasteiger partial charge in [0.15, 0.2) is 0 Å². The van der Waals surface area contributed by atoms with E-state index in [1.807, 2.05) is 37.3 Å². The van der Waals surface area contributed by atoms with E-state index in [2.05, 4.69) is 5.32 Å². The molecule has 2 nitrogen and oxygen atoms in total. The Hall–Kier alpha value is -1.22. The van der Waals surface area contributed by atoms with Crippen LogP contribution in [0, 0.1) is 6.92 Å². The van der Waals surface area contributed by atoms with Gasteiger partial charge >= 0.3 is 0 Å². The lowest BCUT2D eigenvalue weighted by atomic mass is 10.1. The molecule has 0 aromatic heterocycles. The molecule has 0 aliphatic heterocycles. The van der Waals surface area contributed by atoms with E-state index in [1.165, 1.54) is 0 Å². The summed E-state index contributed by atoms with van der Waals surface area (Å²) in [6, 6.07) is 15.6. The fourth-order valence-corrected chi connectivity index (χ4v) is 2.46. The molecule has 0 unspecified atom stereocenters. The van der Waals surface area contributed by atoms with Crippen molar-refractivity contribution in [3.63, 3.8) is 0 Å². The standard InChI is InChI=1S/C16H14Cl3NO/c1-11-7-9-12(10-8-11)14(16(17,18)19)20-15(21)13-5-3-2-4-6-13/h2-10,14H,1H3,(H,20,21)/t14-/m0/s1. The van der Waals surface area contributed by atoms with Gasteiger partial charge in [-0.25, -0.2) is 0 Å². The third kappa shape index (κ3) is 4.37. The number of benzene rings is 2. The van der Waals surface area contributed by atoms with Crippen molar-refractivity contribution in [1.82, 2.24) is 5.32 Å². The van der Waals surface area contributed by atoms with Gasteiger partial charge in [0, 0.05) is 5.56 Å². The van der Waals surface area contributed by atoms with Crippen molar-refractivity contribution >= 4 is 40.7 Å². The third-order valence-electron chi connectivity index (χ3n) is 3.05. The summed E-state index contributed by atoms with van der Waals surface area (Å²) in [6.45, 7) is 1.97. The van der Waals surface area contributed by atoms with Crippen molar-refractivity contribution < 1.29 is 4.79 Å². The highest BCUT2D eigenvalue weighted by Gasteiger charge is 2.35. The predicted molar refractivity (Wildman–Crippen MR) is 88.1 cm³/mol. The van der Waals surface area contributed by atoms with Gasteiger partial charge in [0.25, 0.3) is 5.91 Å². The van der Waals surface area contributed by atoms with Crippen LogP contribution in [-0.2, 0) is 0 Å². The van der Waals surface area contributed by atoms with Crippen LogP contribution in [0.1, 0.15) is 27.5 Å². The molecule has 1 N–H and O–H groups in total. The van der Waals surface area contributed by atoms with Crippen LogP contribution in [0.5, 0.6) is 0 Å². The maximum Gasteiger partial charge on any atom is 0.251 e. The van der Waals surface area contributed by atoms with Gasteiger partial charge < -0.3 is 5.32 Å². The van der Waals surface area contributed by atoms with Crippen LogP contribution in [-0.4, -0.2) is 9.70 Å². The van der Waals surface area contributed by atoms with Crippen molar-refractivity contribution in [2.75, 3.05) is 0 Å². The lowest BCUT2D eigenvalue weighted by Gasteiger charge is -2.26. The first-order chi connectivity index (χ1) is 9.88. The Labute approximate surface area is 139 Å². The van der Waals surface area contributed by atoms with Crippen LogP contribution in [0.2, 0.25) is 0 Å². The topological polar surface area (TPSA) is 29.1 Å². The summed E-state index contributed by atoms with van der Waals surface area (Å²) in [5, 5.41) is 2.77. The van der Waals surface area contributed by atoms with Crippen molar-refractivity contribution in [1.29, 1.82) is 0 Å². The smallest absolute Gasteiger partial charge is 0.251 e. The van der Waals surface area contributed by atoms with Gasteiger partial charge in [-0.2, -0.15) is 0 Å². The summed E-state index contributed by atoms with van der Waals surface area (Å²) in [7, 11) is 0. The molecule has 1 amide bonds. The monoisotopic (exact) mass is 341 g/mol. The number of carbonyl (C=O) groups excluding carboxylic acids is 1. The number of hydrogen-bond acceptors (Lipinski definition) is 1. The van der Waals surface area contributed by atoms with Crippen LogP contribution >= 0.6 is 34.8 Å². The fraction of sp³-hybridized carbons (Fsp3) is 0.188. The van der Waals surface area contributed by atoms with Crippen LogP contribution < -0.4 is 5.32 Å². The first-order valence-electron chi connectivity index (χ1n) is 6.37. The van der Waals surface area contributed by atoms with E-state index in [1.54, 1.807) is 24.3 Å². The average molecular weight is 343 g/mol. The molecular formula is C16H14Cl3NO. The van der Waals surface area contributed by atoms with Gasteiger partial charge in [0.1, 0.15) is 6.04 Å². The van der Waals surface area contributed by atoms with E-state index in [0.717, 1.165) is 11.1 Å². The van der Waals surface area contributed by atoms with Gasteiger partial charge in [0.05, 0.1) is 0 Å². The predicted octanol–water partition coefficient (Wildman–Crippen LogP) is 4.84. The zero-order valence-corrected chi connectivity index (χ0v) is 13.6. The van der Waals surface area contributed by atoms with E-state index in [0.29, 0.717) is 5.56 Å². The first kappa shape index (κ1) is 16.2. The molecule has 0 radical (unpaired) electrons. The largest absolute Gasteiger partial charge is 0.341 e. The Morgan fingerprint density at radius 2 is 1.57 bits per heavy atom. The second kappa shape index (κ2) is 6.69. The molecule has 0 aliphatic carbocycles. The number of aryl methyl sites for hydroxylation is 1. The lowest BCUT2D eigenvalue weighted by molar-refractivity contribution is 0.0937. The minimum absolute atomic E-state index is 0.285. The van der Waals surface area contributed by atoms with E-state index in [4.69, 9.17) is 34.8 Å². The Morgan fingerprint density at radius 1 is 1.00 bits per heavy atom. The number of nitrogens with one attached hydrogen (secondary N) is 1. The van der Waals surface area contributed by atoms with E-state index < -0.39 is 9.83 Å². The second-order valence-electron chi connectivity index (χ2n) is 4.72. The average Bonchev–Trinajstić information content (AvgIpc) is 2.45. The molecule has 0 aliphatic rings. The van der Waals surface area contributed by atoms with Crippen molar-refractivity contribution in [2.24, 2.45) is 0 Å². The molecule has 0 fully saturated rings. The van der Waals surface area contributed by atoms with E-state index in [9.17, 15) is 4.79 Å². The molecule has 2 rings (SSSR count). The van der Waals surface area contributed by atoms with Gasteiger partial charge in [0.2, 0.25) is 3.79 Å². The number of hydrogen-bond donors (Lipinski definition) is 1.